The highest BCUT2D eigenvalue weighted by Crippen LogP contribution is 2.23. The summed E-state index contributed by atoms with van der Waals surface area (Å²) in [5.74, 6) is 1.63. The third kappa shape index (κ3) is 2.31. The van der Waals surface area contributed by atoms with Crippen molar-refractivity contribution in [3.8, 4) is 12.3 Å². The number of hydrogen-bond donors (Lipinski definition) is 2. The van der Waals surface area contributed by atoms with E-state index in [1.807, 2.05) is 6.07 Å². The van der Waals surface area contributed by atoms with Gasteiger partial charge in [-0.15, -0.1) is 6.42 Å². The number of carbonyl (C=O) groups is 1. The van der Waals surface area contributed by atoms with Crippen LogP contribution in [-0.2, 0) is 0 Å². The van der Waals surface area contributed by atoms with Crippen LogP contribution in [0.5, 0.6) is 0 Å². The summed E-state index contributed by atoms with van der Waals surface area (Å²) in [5, 5.41) is 12.5. The van der Waals surface area contributed by atoms with Crippen LogP contribution in [0, 0.1) is 19.3 Å². The molecular formula is C14H16N2O2. The molecule has 0 radical (unpaired) electrons. The van der Waals surface area contributed by atoms with Gasteiger partial charge in [0, 0.05) is 37.4 Å². The maximum atomic E-state index is 11.2. The number of piperazine rings is 1. The topological polar surface area (TPSA) is 52.6 Å². The van der Waals surface area contributed by atoms with Crippen molar-refractivity contribution in [2.45, 2.75) is 6.92 Å². The summed E-state index contributed by atoms with van der Waals surface area (Å²) >= 11 is 0. The van der Waals surface area contributed by atoms with E-state index in [0.717, 1.165) is 31.9 Å². The molecule has 0 aliphatic carbocycles. The van der Waals surface area contributed by atoms with E-state index in [1.54, 1.807) is 13.0 Å². The zero-order valence-corrected chi connectivity index (χ0v) is 10.4. The second-order valence-corrected chi connectivity index (χ2v) is 4.35. The minimum Gasteiger partial charge on any atom is -0.478 e. The van der Waals surface area contributed by atoms with Crippen LogP contribution in [0.3, 0.4) is 0 Å². The summed E-state index contributed by atoms with van der Waals surface area (Å²) in [5.41, 5.74) is 2.50. The summed E-state index contributed by atoms with van der Waals surface area (Å²) in [6.07, 6.45) is 5.44. The molecule has 0 bridgehead atoms. The Kier molecular flexibility index (Phi) is 3.54. The lowest BCUT2D eigenvalue weighted by Gasteiger charge is -2.30. The molecule has 1 aromatic rings. The lowest BCUT2D eigenvalue weighted by molar-refractivity contribution is 0.0696. The quantitative estimate of drug-likeness (QED) is 0.765. The summed E-state index contributed by atoms with van der Waals surface area (Å²) in [6, 6.07) is 3.61. The summed E-state index contributed by atoms with van der Waals surface area (Å²) in [6.45, 7) is 5.29. The van der Waals surface area contributed by atoms with Crippen LogP contribution in [0.2, 0.25) is 0 Å². The normalized spacial score (nSPS) is 15.2. The molecule has 4 nitrogen and oxygen atoms in total. The SMILES string of the molecule is C#Cc1cc(N2CCNCC2)cc(C(=O)O)c1C. The summed E-state index contributed by atoms with van der Waals surface area (Å²) < 4.78 is 0. The first-order valence-electron chi connectivity index (χ1n) is 5.93. The highest BCUT2D eigenvalue weighted by atomic mass is 16.4. The van der Waals surface area contributed by atoms with E-state index in [1.165, 1.54) is 0 Å². The largest absolute Gasteiger partial charge is 0.478 e. The van der Waals surface area contributed by atoms with Gasteiger partial charge in [-0.2, -0.15) is 0 Å². The zero-order chi connectivity index (χ0) is 13.1. The predicted molar refractivity (Wildman–Crippen MR) is 71.2 cm³/mol. The summed E-state index contributed by atoms with van der Waals surface area (Å²) in [7, 11) is 0. The molecule has 0 atom stereocenters. The molecule has 1 saturated heterocycles. The van der Waals surface area contributed by atoms with Crippen LogP contribution in [-0.4, -0.2) is 37.3 Å². The Morgan fingerprint density at radius 2 is 2.11 bits per heavy atom. The monoisotopic (exact) mass is 244 g/mol. The first-order valence-corrected chi connectivity index (χ1v) is 5.93. The standard InChI is InChI=1S/C14H16N2O2/c1-3-11-8-12(16-6-4-15-5-7-16)9-13(10(11)2)14(17)18/h1,8-9,15H,4-7H2,2H3,(H,17,18). The van der Waals surface area contributed by atoms with E-state index in [4.69, 9.17) is 6.42 Å². The number of hydrogen-bond acceptors (Lipinski definition) is 3. The third-order valence-corrected chi connectivity index (χ3v) is 3.26. The Bertz CT molecular complexity index is 511. The molecule has 18 heavy (non-hydrogen) atoms. The number of rotatable bonds is 2. The number of benzene rings is 1. The van der Waals surface area contributed by atoms with E-state index < -0.39 is 5.97 Å². The molecule has 0 amide bonds. The van der Waals surface area contributed by atoms with Crippen molar-refractivity contribution in [2.24, 2.45) is 0 Å². The second kappa shape index (κ2) is 5.11. The molecule has 1 fully saturated rings. The molecular weight excluding hydrogens is 228 g/mol. The van der Waals surface area contributed by atoms with Crippen LogP contribution in [0.1, 0.15) is 21.5 Å². The summed E-state index contributed by atoms with van der Waals surface area (Å²) in [4.78, 5) is 13.4. The lowest BCUT2D eigenvalue weighted by Crippen LogP contribution is -2.43. The van der Waals surface area contributed by atoms with E-state index in [-0.39, 0.29) is 0 Å². The molecule has 2 N–H and O–H groups in total. The van der Waals surface area contributed by atoms with Crippen molar-refractivity contribution in [2.75, 3.05) is 31.1 Å². The maximum Gasteiger partial charge on any atom is 0.336 e. The first-order chi connectivity index (χ1) is 8.63. The van der Waals surface area contributed by atoms with Crippen molar-refractivity contribution in [1.29, 1.82) is 0 Å². The molecule has 4 heteroatoms. The molecule has 1 aromatic carbocycles. The number of carboxylic acids is 1. The van der Waals surface area contributed by atoms with E-state index in [9.17, 15) is 9.90 Å². The van der Waals surface area contributed by atoms with Crippen molar-refractivity contribution in [1.82, 2.24) is 5.32 Å². The molecule has 2 rings (SSSR count). The zero-order valence-electron chi connectivity index (χ0n) is 10.4. The Labute approximate surface area is 107 Å². The number of nitrogens with zero attached hydrogens (tertiary/aromatic N) is 1. The van der Waals surface area contributed by atoms with Gasteiger partial charge in [0.05, 0.1) is 5.56 Å². The van der Waals surface area contributed by atoms with Crippen LogP contribution in [0.4, 0.5) is 5.69 Å². The van der Waals surface area contributed by atoms with Crippen LogP contribution >= 0.6 is 0 Å². The smallest absolute Gasteiger partial charge is 0.336 e. The molecule has 1 heterocycles. The number of anilines is 1. The fraction of sp³-hybridized carbons (Fsp3) is 0.357. The van der Waals surface area contributed by atoms with Crippen molar-refractivity contribution in [3.05, 3.63) is 28.8 Å². The van der Waals surface area contributed by atoms with Gasteiger partial charge in [-0.3, -0.25) is 0 Å². The molecule has 1 aliphatic rings. The molecule has 0 saturated carbocycles. The average Bonchev–Trinajstić information content (AvgIpc) is 2.39. The Hall–Kier alpha value is -1.99. The molecule has 0 unspecified atom stereocenters. The van der Waals surface area contributed by atoms with Gasteiger partial charge in [0.1, 0.15) is 0 Å². The lowest BCUT2D eigenvalue weighted by atomic mass is 10.0. The van der Waals surface area contributed by atoms with Gasteiger partial charge in [0.2, 0.25) is 0 Å². The molecule has 0 aromatic heterocycles. The maximum absolute atomic E-state index is 11.2. The van der Waals surface area contributed by atoms with Gasteiger partial charge in [0.15, 0.2) is 0 Å². The van der Waals surface area contributed by atoms with E-state index in [0.29, 0.717) is 16.7 Å². The number of carboxylic acid groups (broad SMARTS) is 1. The average molecular weight is 244 g/mol. The first kappa shape index (κ1) is 12.5. The predicted octanol–water partition coefficient (Wildman–Crippen LogP) is 1.08. The van der Waals surface area contributed by atoms with Crippen molar-refractivity contribution < 1.29 is 9.90 Å². The van der Waals surface area contributed by atoms with Gasteiger partial charge >= 0.3 is 5.97 Å². The highest BCUT2D eigenvalue weighted by molar-refractivity contribution is 5.91. The number of aromatic carboxylic acids is 1. The second-order valence-electron chi connectivity index (χ2n) is 4.35. The number of nitrogens with one attached hydrogen (secondary N) is 1. The van der Waals surface area contributed by atoms with Crippen LogP contribution < -0.4 is 10.2 Å². The minimum atomic E-state index is -0.930. The van der Waals surface area contributed by atoms with E-state index in [2.05, 4.69) is 16.1 Å². The van der Waals surface area contributed by atoms with Crippen molar-refractivity contribution >= 4 is 11.7 Å². The fourth-order valence-corrected chi connectivity index (χ4v) is 2.18. The van der Waals surface area contributed by atoms with Gasteiger partial charge in [0.25, 0.3) is 0 Å². The van der Waals surface area contributed by atoms with Gasteiger partial charge in [-0.25, -0.2) is 4.79 Å². The van der Waals surface area contributed by atoms with Gasteiger partial charge in [-0.1, -0.05) is 5.92 Å². The molecule has 0 spiro atoms. The fourth-order valence-electron chi connectivity index (χ4n) is 2.18. The highest BCUT2D eigenvalue weighted by Gasteiger charge is 2.16. The Morgan fingerprint density at radius 3 is 2.67 bits per heavy atom. The molecule has 1 aliphatic heterocycles. The number of terminal acetylenes is 1. The molecule has 94 valence electrons. The van der Waals surface area contributed by atoms with Gasteiger partial charge < -0.3 is 15.3 Å². The van der Waals surface area contributed by atoms with Crippen LogP contribution in [0.25, 0.3) is 0 Å². The van der Waals surface area contributed by atoms with Crippen molar-refractivity contribution in [3.63, 3.8) is 0 Å². The third-order valence-electron chi connectivity index (χ3n) is 3.26. The minimum absolute atomic E-state index is 0.291. The van der Waals surface area contributed by atoms with E-state index >= 15 is 0 Å². The van der Waals surface area contributed by atoms with Crippen LogP contribution in [0.15, 0.2) is 12.1 Å². The Morgan fingerprint density at radius 1 is 1.44 bits per heavy atom. The Balaban J connectivity index is 2.45. The van der Waals surface area contributed by atoms with Gasteiger partial charge in [-0.05, 0) is 24.6 Å².